The summed E-state index contributed by atoms with van der Waals surface area (Å²) < 4.78 is 146. The molecule has 0 unspecified atom stereocenters. The molecule has 1 aromatic rings. The van der Waals surface area contributed by atoms with Gasteiger partial charge in [-0.1, -0.05) is 18.2 Å². The molecule has 148 valence electrons. The molecule has 0 aliphatic carbocycles. The highest BCUT2D eigenvalue weighted by molar-refractivity contribution is 5.22. The first-order valence-electron chi connectivity index (χ1n) is 5.96. The zero-order valence-corrected chi connectivity index (χ0v) is 11.8. The molecule has 0 spiro atoms. The van der Waals surface area contributed by atoms with Gasteiger partial charge in [-0.25, -0.2) is 4.74 Å². The van der Waals surface area contributed by atoms with Crippen molar-refractivity contribution in [3.8, 4) is 5.75 Å². The molecule has 0 heterocycles. The largest absolute Gasteiger partial charge is 0.527 e. The van der Waals surface area contributed by atoms with Gasteiger partial charge in [0.25, 0.3) is 0 Å². The van der Waals surface area contributed by atoms with Crippen LogP contribution in [-0.4, -0.2) is 24.5 Å². The second-order valence-electron chi connectivity index (χ2n) is 4.22. The third-order valence-corrected chi connectivity index (χ3v) is 2.30. The Labute approximate surface area is 136 Å². The van der Waals surface area contributed by atoms with E-state index in [4.69, 9.17) is 0 Å². The molecule has 0 saturated carbocycles. The first kappa shape index (κ1) is 21.8. The molecule has 0 amide bonds. The van der Waals surface area contributed by atoms with E-state index in [1.807, 2.05) is 0 Å². The number of benzene rings is 1. The molecule has 0 bridgehead atoms. The lowest BCUT2D eigenvalue weighted by atomic mass is 10.3. The topological polar surface area (TPSA) is 27.7 Å². The summed E-state index contributed by atoms with van der Waals surface area (Å²) in [7, 11) is 0. The van der Waals surface area contributed by atoms with Crippen molar-refractivity contribution in [2.75, 3.05) is 0 Å². The molecular formula is C12H5F11O3. The van der Waals surface area contributed by atoms with E-state index >= 15 is 0 Å². The summed E-state index contributed by atoms with van der Waals surface area (Å²) in [6.45, 7) is 0. The second-order valence-corrected chi connectivity index (χ2v) is 4.22. The lowest BCUT2D eigenvalue weighted by Gasteiger charge is -2.31. The monoisotopic (exact) mass is 406 g/mol. The van der Waals surface area contributed by atoms with Crippen molar-refractivity contribution in [3.63, 3.8) is 0 Å². The van der Waals surface area contributed by atoms with Crippen LogP contribution in [0.15, 0.2) is 42.4 Å². The Kier molecular flexibility index (Phi) is 6.01. The Morgan fingerprint density at radius 2 is 1.19 bits per heavy atom. The molecule has 0 aromatic heterocycles. The summed E-state index contributed by atoms with van der Waals surface area (Å²) in [4.78, 5) is 0. The lowest BCUT2D eigenvalue weighted by Crippen LogP contribution is -2.57. The van der Waals surface area contributed by atoms with Crippen LogP contribution in [-0.2, 0) is 9.47 Å². The molecule has 14 heteroatoms. The molecule has 0 aliphatic heterocycles. The van der Waals surface area contributed by atoms with Crippen LogP contribution < -0.4 is 4.74 Å². The Hall–Kier alpha value is -2.25. The number of alkyl halides is 9. The zero-order valence-electron chi connectivity index (χ0n) is 11.8. The minimum Gasteiger partial charge on any atom is -0.427 e. The summed E-state index contributed by atoms with van der Waals surface area (Å²) in [5.41, 5.74) is 0. The van der Waals surface area contributed by atoms with Crippen molar-refractivity contribution < 1.29 is 62.5 Å². The SMILES string of the molecule is F/C(Oc1ccccc1)=C(/F)OC(F)(F)C(F)(F)C(F)(F)OC(F)(F)F. The van der Waals surface area contributed by atoms with Crippen LogP contribution in [0.3, 0.4) is 0 Å². The molecule has 1 rings (SSSR count). The number of para-hydroxylation sites is 1. The summed E-state index contributed by atoms with van der Waals surface area (Å²) in [6, 6.07) is -0.277. The van der Waals surface area contributed by atoms with Gasteiger partial charge in [0.1, 0.15) is 5.75 Å². The predicted molar refractivity (Wildman–Crippen MR) is 59.4 cm³/mol. The van der Waals surface area contributed by atoms with Crippen LogP contribution in [0.4, 0.5) is 48.3 Å². The van der Waals surface area contributed by atoms with Gasteiger partial charge in [0.2, 0.25) is 0 Å². The molecule has 0 fully saturated rings. The fourth-order valence-electron chi connectivity index (χ4n) is 1.23. The van der Waals surface area contributed by atoms with Crippen LogP contribution in [0.25, 0.3) is 0 Å². The highest BCUT2D eigenvalue weighted by Gasteiger charge is 2.78. The first-order chi connectivity index (χ1) is 11.6. The Bertz CT molecular complexity index is 640. The molecule has 0 saturated heterocycles. The minimum atomic E-state index is -7.06. The third-order valence-electron chi connectivity index (χ3n) is 2.30. The van der Waals surface area contributed by atoms with Gasteiger partial charge in [-0.15, -0.1) is 13.2 Å². The van der Waals surface area contributed by atoms with E-state index in [0.717, 1.165) is 12.1 Å². The van der Waals surface area contributed by atoms with Gasteiger partial charge in [-0.05, 0) is 12.1 Å². The molecule has 0 aliphatic rings. The summed E-state index contributed by atoms with van der Waals surface area (Å²) in [5.74, 6) is -7.59. The second kappa shape index (κ2) is 7.17. The third kappa shape index (κ3) is 5.12. The van der Waals surface area contributed by atoms with E-state index in [1.54, 1.807) is 4.74 Å². The number of halogens is 11. The van der Waals surface area contributed by atoms with Crippen LogP contribution >= 0.6 is 0 Å². The molecule has 0 radical (unpaired) electrons. The summed E-state index contributed by atoms with van der Waals surface area (Å²) in [5, 5.41) is 0. The standard InChI is InChI=1S/C12H5F11O3/c13-7(24-6-4-2-1-3-5-6)8(14)25-10(17,18)9(15,16)11(19,20)26-12(21,22)23/h1-5H/b8-7+. The molecule has 0 atom stereocenters. The maximum Gasteiger partial charge on any atom is 0.527 e. The van der Waals surface area contributed by atoms with E-state index in [1.165, 1.54) is 18.2 Å². The van der Waals surface area contributed by atoms with Crippen LogP contribution in [0, 0.1) is 0 Å². The lowest BCUT2D eigenvalue weighted by molar-refractivity contribution is -0.505. The van der Waals surface area contributed by atoms with Crippen LogP contribution in [0.5, 0.6) is 5.75 Å². The van der Waals surface area contributed by atoms with Crippen molar-refractivity contribution in [2.24, 2.45) is 0 Å². The molecule has 26 heavy (non-hydrogen) atoms. The maximum absolute atomic E-state index is 13.1. The van der Waals surface area contributed by atoms with Crippen molar-refractivity contribution in [2.45, 2.75) is 24.5 Å². The smallest absolute Gasteiger partial charge is 0.427 e. The van der Waals surface area contributed by atoms with Crippen LogP contribution in [0.1, 0.15) is 0 Å². The van der Waals surface area contributed by atoms with Gasteiger partial charge in [-0.2, -0.15) is 35.1 Å². The Morgan fingerprint density at radius 3 is 1.65 bits per heavy atom. The van der Waals surface area contributed by atoms with Gasteiger partial charge < -0.3 is 9.47 Å². The van der Waals surface area contributed by atoms with E-state index < -0.39 is 42.3 Å². The van der Waals surface area contributed by atoms with E-state index in [-0.39, 0.29) is 0 Å². The Morgan fingerprint density at radius 1 is 0.692 bits per heavy atom. The number of ether oxygens (including phenoxy) is 3. The summed E-state index contributed by atoms with van der Waals surface area (Å²) >= 11 is 0. The van der Waals surface area contributed by atoms with Gasteiger partial charge in [0.05, 0.1) is 0 Å². The van der Waals surface area contributed by atoms with Gasteiger partial charge in [0.15, 0.2) is 0 Å². The van der Waals surface area contributed by atoms with Crippen molar-refractivity contribution in [1.82, 2.24) is 0 Å². The Balaban J connectivity index is 3.02. The maximum atomic E-state index is 13.1. The fourth-order valence-corrected chi connectivity index (χ4v) is 1.23. The van der Waals surface area contributed by atoms with Crippen molar-refractivity contribution >= 4 is 0 Å². The van der Waals surface area contributed by atoms with Crippen molar-refractivity contribution in [3.05, 3.63) is 42.4 Å². The molecular weight excluding hydrogens is 401 g/mol. The number of hydrogen-bond donors (Lipinski definition) is 0. The van der Waals surface area contributed by atoms with Gasteiger partial charge in [0, 0.05) is 0 Å². The average Bonchev–Trinajstić information content (AvgIpc) is 2.44. The number of rotatable bonds is 7. The zero-order chi connectivity index (χ0) is 20.4. The molecule has 3 nitrogen and oxygen atoms in total. The highest BCUT2D eigenvalue weighted by Crippen LogP contribution is 2.49. The fraction of sp³-hybridized carbons (Fsp3) is 0.333. The average molecular weight is 406 g/mol. The first-order valence-corrected chi connectivity index (χ1v) is 5.96. The predicted octanol–water partition coefficient (Wildman–Crippen LogP) is 5.50. The molecule has 1 aromatic carbocycles. The number of hydrogen-bond acceptors (Lipinski definition) is 3. The van der Waals surface area contributed by atoms with E-state index in [9.17, 15) is 48.3 Å². The molecule has 0 N–H and O–H groups in total. The van der Waals surface area contributed by atoms with E-state index in [0.29, 0.717) is 0 Å². The summed E-state index contributed by atoms with van der Waals surface area (Å²) in [6.07, 6.45) is -20.0. The van der Waals surface area contributed by atoms with Gasteiger partial charge >= 0.3 is 36.5 Å². The minimum absolute atomic E-state index is 0.537. The van der Waals surface area contributed by atoms with Crippen LogP contribution in [0.2, 0.25) is 0 Å². The van der Waals surface area contributed by atoms with E-state index in [2.05, 4.69) is 9.47 Å². The highest BCUT2D eigenvalue weighted by atomic mass is 19.4. The van der Waals surface area contributed by atoms with Crippen molar-refractivity contribution in [1.29, 1.82) is 0 Å². The van der Waals surface area contributed by atoms with Gasteiger partial charge in [-0.3, -0.25) is 0 Å². The normalized spacial score (nSPS) is 14.7. The quantitative estimate of drug-likeness (QED) is 0.442.